The van der Waals surface area contributed by atoms with Crippen LogP contribution >= 0.6 is 0 Å². The zero-order valence-corrected chi connectivity index (χ0v) is 17.1. The van der Waals surface area contributed by atoms with Crippen molar-refractivity contribution in [1.82, 2.24) is 0 Å². The van der Waals surface area contributed by atoms with Crippen molar-refractivity contribution in [2.45, 2.75) is 47.1 Å². The van der Waals surface area contributed by atoms with Crippen LogP contribution < -0.4 is 4.74 Å². The van der Waals surface area contributed by atoms with E-state index in [4.69, 9.17) is 13.9 Å². The molecule has 0 N–H and O–H groups in total. The van der Waals surface area contributed by atoms with Gasteiger partial charge in [-0.1, -0.05) is 32.0 Å². The van der Waals surface area contributed by atoms with Gasteiger partial charge in [0.2, 0.25) is 0 Å². The summed E-state index contributed by atoms with van der Waals surface area (Å²) in [5, 5.41) is 1.11. The Hall–Kier alpha value is -2.75. The van der Waals surface area contributed by atoms with E-state index < -0.39 is 0 Å². The molecule has 4 heteroatoms. The highest BCUT2D eigenvalue weighted by molar-refractivity contribution is 5.82. The van der Waals surface area contributed by atoms with Crippen LogP contribution in [0.25, 0.3) is 11.0 Å². The zero-order valence-electron chi connectivity index (χ0n) is 17.1. The Morgan fingerprint density at radius 1 is 1.14 bits per heavy atom. The van der Waals surface area contributed by atoms with Crippen molar-refractivity contribution in [1.29, 1.82) is 0 Å². The van der Waals surface area contributed by atoms with Crippen molar-refractivity contribution in [3.8, 4) is 5.75 Å². The molecule has 2 aromatic carbocycles. The quantitative estimate of drug-likeness (QED) is 0.476. The van der Waals surface area contributed by atoms with Crippen LogP contribution in [0.5, 0.6) is 5.75 Å². The molecule has 3 aromatic rings. The second kappa shape index (κ2) is 8.96. The highest BCUT2D eigenvalue weighted by Crippen LogP contribution is 2.27. The van der Waals surface area contributed by atoms with Crippen molar-refractivity contribution >= 4 is 16.9 Å². The Labute approximate surface area is 166 Å². The number of furan rings is 1. The van der Waals surface area contributed by atoms with Crippen molar-refractivity contribution in [2.75, 3.05) is 6.61 Å². The summed E-state index contributed by atoms with van der Waals surface area (Å²) in [6.45, 7) is 9.05. The number of para-hydroxylation sites is 1. The first-order valence-electron chi connectivity index (χ1n) is 9.84. The van der Waals surface area contributed by atoms with Gasteiger partial charge in [0.25, 0.3) is 0 Å². The summed E-state index contributed by atoms with van der Waals surface area (Å²) in [5.41, 5.74) is 3.96. The number of aryl methyl sites for hydroxylation is 1. The summed E-state index contributed by atoms with van der Waals surface area (Å²) in [5.74, 6) is 2.04. The van der Waals surface area contributed by atoms with Crippen LogP contribution in [0.15, 0.2) is 46.9 Å². The Morgan fingerprint density at radius 2 is 1.93 bits per heavy atom. The van der Waals surface area contributed by atoms with Gasteiger partial charge in [-0.05, 0) is 55.2 Å². The molecule has 0 bridgehead atoms. The van der Waals surface area contributed by atoms with E-state index in [9.17, 15) is 4.79 Å². The molecule has 148 valence electrons. The number of benzene rings is 2. The fraction of sp³-hybridized carbons (Fsp3) is 0.375. The number of hydrogen-bond acceptors (Lipinski definition) is 4. The number of carbonyl (C=O) groups excluding carboxylic acids is 1. The number of rotatable bonds is 8. The highest BCUT2D eigenvalue weighted by Gasteiger charge is 2.12. The van der Waals surface area contributed by atoms with Gasteiger partial charge in [0.1, 0.15) is 23.7 Å². The summed E-state index contributed by atoms with van der Waals surface area (Å²) >= 11 is 0. The van der Waals surface area contributed by atoms with Gasteiger partial charge in [0.05, 0.1) is 13.0 Å². The lowest BCUT2D eigenvalue weighted by molar-refractivity contribution is -0.142. The van der Waals surface area contributed by atoms with Crippen molar-refractivity contribution < 1.29 is 18.7 Å². The van der Waals surface area contributed by atoms with E-state index in [-0.39, 0.29) is 12.4 Å². The maximum absolute atomic E-state index is 11.8. The molecule has 4 nitrogen and oxygen atoms in total. The van der Waals surface area contributed by atoms with E-state index >= 15 is 0 Å². The molecule has 0 aliphatic heterocycles. The number of ether oxygens (including phenoxy) is 2. The van der Waals surface area contributed by atoms with Gasteiger partial charge in [-0.15, -0.1) is 0 Å². The van der Waals surface area contributed by atoms with E-state index in [1.807, 2.05) is 24.3 Å². The van der Waals surface area contributed by atoms with E-state index in [0.29, 0.717) is 24.9 Å². The predicted octanol–water partition coefficient (Wildman–Crippen LogP) is 5.62. The number of hydrogen-bond donors (Lipinski definition) is 0. The van der Waals surface area contributed by atoms with Crippen LogP contribution in [0.2, 0.25) is 0 Å². The van der Waals surface area contributed by atoms with E-state index in [1.54, 1.807) is 6.92 Å². The van der Waals surface area contributed by atoms with Crippen LogP contribution in [-0.4, -0.2) is 12.6 Å². The molecule has 3 rings (SSSR count). The third kappa shape index (κ3) is 4.94. The molecule has 0 spiro atoms. The Balaban J connectivity index is 1.76. The minimum Gasteiger partial charge on any atom is -0.489 e. The molecular weight excluding hydrogens is 352 g/mol. The topological polar surface area (TPSA) is 48.7 Å². The molecule has 0 radical (unpaired) electrons. The van der Waals surface area contributed by atoms with Crippen molar-refractivity contribution in [3.63, 3.8) is 0 Å². The highest BCUT2D eigenvalue weighted by atomic mass is 16.5. The van der Waals surface area contributed by atoms with Gasteiger partial charge in [-0.2, -0.15) is 0 Å². The van der Waals surface area contributed by atoms with Crippen molar-refractivity contribution in [2.24, 2.45) is 5.92 Å². The minimum atomic E-state index is -0.244. The summed E-state index contributed by atoms with van der Waals surface area (Å²) in [6, 6.07) is 13.9. The Kier molecular flexibility index (Phi) is 6.40. The molecule has 0 aliphatic rings. The van der Waals surface area contributed by atoms with Crippen LogP contribution in [0.3, 0.4) is 0 Å². The second-order valence-electron chi connectivity index (χ2n) is 7.52. The second-order valence-corrected chi connectivity index (χ2v) is 7.52. The van der Waals surface area contributed by atoms with Gasteiger partial charge in [-0.3, -0.25) is 4.79 Å². The zero-order chi connectivity index (χ0) is 20.1. The van der Waals surface area contributed by atoms with Gasteiger partial charge >= 0.3 is 5.97 Å². The lowest BCUT2D eigenvalue weighted by Crippen LogP contribution is -2.09. The third-order valence-electron chi connectivity index (χ3n) is 4.53. The fourth-order valence-electron chi connectivity index (χ4n) is 3.36. The van der Waals surface area contributed by atoms with E-state index in [1.165, 1.54) is 0 Å². The van der Waals surface area contributed by atoms with E-state index in [2.05, 4.69) is 39.0 Å². The lowest BCUT2D eigenvalue weighted by Gasteiger charge is -2.12. The molecule has 0 unspecified atom stereocenters. The van der Waals surface area contributed by atoms with Crippen LogP contribution in [0.4, 0.5) is 0 Å². The van der Waals surface area contributed by atoms with Gasteiger partial charge in [0.15, 0.2) is 0 Å². The standard InChI is InChI=1S/C24H28O4/c1-5-26-23(25)14-19-8-6-7-9-22(19)27-15-18-11-17(4)24-20(12-18)13-21(28-24)10-16(2)3/h6-9,11-13,16H,5,10,14-15H2,1-4H3. The monoisotopic (exact) mass is 380 g/mol. The maximum atomic E-state index is 11.8. The molecule has 1 heterocycles. The minimum absolute atomic E-state index is 0.211. The van der Waals surface area contributed by atoms with Crippen molar-refractivity contribution in [3.05, 3.63) is 64.9 Å². The molecule has 0 saturated carbocycles. The molecule has 1 aromatic heterocycles. The molecular formula is C24H28O4. The smallest absolute Gasteiger partial charge is 0.310 e. The SMILES string of the molecule is CCOC(=O)Cc1ccccc1OCc1cc(C)c2oc(CC(C)C)cc2c1. The molecule has 0 amide bonds. The predicted molar refractivity (Wildman–Crippen MR) is 111 cm³/mol. The van der Waals surface area contributed by atoms with Gasteiger partial charge < -0.3 is 13.9 Å². The van der Waals surface area contributed by atoms with Crippen LogP contribution in [-0.2, 0) is 29.0 Å². The van der Waals surface area contributed by atoms with Gasteiger partial charge in [-0.25, -0.2) is 0 Å². The number of carbonyl (C=O) groups is 1. The average Bonchev–Trinajstić information content (AvgIpc) is 3.03. The number of fused-ring (bicyclic) bond motifs is 1. The third-order valence-corrected chi connectivity index (χ3v) is 4.53. The molecule has 0 saturated heterocycles. The molecule has 0 atom stereocenters. The number of esters is 1. The summed E-state index contributed by atoms with van der Waals surface area (Å²) < 4.78 is 17.1. The normalized spacial score (nSPS) is 11.2. The maximum Gasteiger partial charge on any atom is 0.310 e. The largest absolute Gasteiger partial charge is 0.489 e. The Bertz CT molecular complexity index is 952. The first-order chi connectivity index (χ1) is 13.5. The average molecular weight is 380 g/mol. The van der Waals surface area contributed by atoms with E-state index in [0.717, 1.165) is 39.8 Å². The Morgan fingerprint density at radius 3 is 2.68 bits per heavy atom. The first kappa shape index (κ1) is 20.0. The first-order valence-corrected chi connectivity index (χ1v) is 9.84. The molecule has 28 heavy (non-hydrogen) atoms. The molecule has 0 aliphatic carbocycles. The summed E-state index contributed by atoms with van der Waals surface area (Å²) in [4.78, 5) is 11.8. The van der Waals surface area contributed by atoms with Gasteiger partial charge in [0, 0.05) is 17.4 Å². The molecule has 0 fully saturated rings. The summed E-state index contributed by atoms with van der Waals surface area (Å²) in [6.07, 6.45) is 1.14. The fourth-order valence-corrected chi connectivity index (χ4v) is 3.36. The van der Waals surface area contributed by atoms with Crippen LogP contribution in [0.1, 0.15) is 43.2 Å². The van der Waals surface area contributed by atoms with Crippen LogP contribution in [0, 0.1) is 12.8 Å². The lowest BCUT2D eigenvalue weighted by atomic mass is 10.1. The summed E-state index contributed by atoms with van der Waals surface area (Å²) in [7, 11) is 0.